The summed E-state index contributed by atoms with van der Waals surface area (Å²) in [6, 6.07) is 48.9. The Morgan fingerprint density at radius 3 is 1.98 bits per heavy atom. The number of benzene rings is 8. The number of oxazole rings is 1. The van der Waals surface area contributed by atoms with Crippen LogP contribution in [0.2, 0.25) is 0 Å². The Hall–Kier alpha value is -7.38. The standard InChI is InChI=1S/C46H24N4O3/c1-2-11-26(12-3-1)46-47-40-30-15-8-19-36-38(30)39-31(42(40)53-46)22-23-33(41(39)52-36)45-49-43(28-21-20-25-10-4-5-13-27(25)24-28)48-44(50-45)32-16-9-18-35-37(32)29-14-6-7-17-34(29)51-35/h1-24H. The van der Waals surface area contributed by atoms with E-state index in [1.54, 1.807) is 0 Å². The Bertz CT molecular complexity index is 3410. The normalized spacial score (nSPS) is 12.2. The molecule has 7 nitrogen and oxygen atoms in total. The fraction of sp³-hybridized carbons (Fsp3) is 0. The summed E-state index contributed by atoms with van der Waals surface area (Å²) in [6.07, 6.45) is 0. The highest BCUT2D eigenvalue weighted by atomic mass is 16.4. The third-order valence-corrected chi connectivity index (χ3v) is 10.3. The maximum absolute atomic E-state index is 6.73. The van der Waals surface area contributed by atoms with Gasteiger partial charge in [-0.1, -0.05) is 97.1 Å². The molecule has 4 aromatic heterocycles. The zero-order valence-electron chi connectivity index (χ0n) is 27.9. The first-order valence-electron chi connectivity index (χ1n) is 17.5. The molecule has 0 spiro atoms. The van der Waals surface area contributed by atoms with Crippen molar-refractivity contribution < 1.29 is 13.3 Å². The van der Waals surface area contributed by atoms with Crippen molar-refractivity contribution in [2.45, 2.75) is 0 Å². The molecule has 0 unspecified atom stereocenters. The summed E-state index contributed by atoms with van der Waals surface area (Å²) in [6.45, 7) is 0. The molecule has 0 saturated carbocycles. The van der Waals surface area contributed by atoms with Gasteiger partial charge in [0.15, 0.2) is 23.1 Å². The number of nitrogens with zero attached hydrogens (tertiary/aromatic N) is 4. The van der Waals surface area contributed by atoms with Gasteiger partial charge in [0, 0.05) is 49.0 Å². The van der Waals surface area contributed by atoms with Crippen LogP contribution in [0.1, 0.15) is 0 Å². The van der Waals surface area contributed by atoms with Crippen LogP contribution in [0.5, 0.6) is 0 Å². The van der Waals surface area contributed by atoms with Gasteiger partial charge in [0.2, 0.25) is 5.89 Å². The molecular formula is C46H24N4O3. The smallest absolute Gasteiger partial charge is 0.227 e. The summed E-state index contributed by atoms with van der Waals surface area (Å²) in [5.74, 6) is 2.19. The van der Waals surface area contributed by atoms with Crippen molar-refractivity contribution in [3.8, 4) is 45.6 Å². The molecule has 0 fully saturated rings. The zero-order valence-corrected chi connectivity index (χ0v) is 27.9. The lowest BCUT2D eigenvalue weighted by Gasteiger charge is -2.11. The second-order valence-corrected chi connectivity index (χ2v) is 13.4. The Labute approximate surface area is 300 Å². The van der Waals surface area contributed by atoms with E-state index < -0.39 is 0 Å². The number of aromatic nitrogens is 4. The second-order valence-electron chi connectivity index (χ2n) is 13.4. The molecule has 12 rings (SSSR count). The van der Waals surface area contributed by atoms with Gasteiger partial charge in [0.25, 0.3) is 0 Å². The summed E-state index contributed by atoms with van der Waals surface area (Å²) in [4.78, 5) is 20.5. The molecule has 0 aliphatic rings. The van der Waals surface area contributed by atoms with E-state index in [-0.39, 0.29) is 0 Å². The highest BCUT2D eigenvalue weighted by Gasteiger charge is 2.25. The van der Waals surface area contributed by atoms with Crippen molar-refractivity contribution in [1.29, 1.82) is 0 Å². The van der Waals surface area contributed by atoms with Crippen molar-refractivity contribution in [2.75, 3.05) is 0 Å². The molecule has 7 heteroatoms. The molecule has 0 saturated heterocycles. The molecule has 0 bridgehead atoms. The molecule has 0 radical (unpaired) electrons. The first kappa shape index (κ1) is 28.3. The van der Waals surface area contributed by atoms with E-state index in [0.29, 0.717) is 34.5 Å². The Morgan fingerprint density at radius 1 is 0.358 bits per heavy atom. The largest absolute Gasteiger partial charge is 0.456 e. The molecule has 0 aliphatic heterocycles. The zero-order chi connectivity index (χ0) is 34.6. The third-order valence-electron chi connectivity index (χ3n) is 10.3. The number of fused-ring (bicyclic) bond motifs is 7. The van der Waals surface area contributed by atoms with E-state index in [1.807, 2.05) is 97.1 Å². The lowest BCUT2D eigenvalue weighted by atomic mass is 9.98. The SMILES string of the molecule is c1ccc(-c2nc3c4cccc5oc6c(-c7nc(-c8ccc9ccccc9c8)nc(-c8cccc9oc%10ccccc%10c89)n7)ccc(c3o2)c6c54)cc1. The van der Waals surface area contributed by atoms with Gasteiger partial charge in [0.05, 0.1) is 5.56 Å². The van der Waals surface area contributed by atoms with Gasteiger partial charge < -0.3 is 13.3 Å². The van der Waals surface area contributed by atoms with E-state index in [4.69, 9.17) is 33.2 Å². The predicted molar refractivity (Wildman–Crippen MR) is 210 cm³/mol. The van der Waals surface area contributed by atoms with Crippen LogP contribution in [-0.2, 0) is 0 Å². The average Bonchev–Trinajstić information content (AvgIpc) is 3.95. The van der Waals surface area contributed by atoms with Crippen LogP contribution in [-0.4, -0.2) is 19.9 Å². The molecule has 53 heavy (non-hydrogen) atoms. The van der Waals surface area contributed by atoms with Crippen LogP contribution >= 0.6 is 0 Å². The first-order valence-corrected chi connectivity index (χ1v) is 17.5. The van der Waals surface area contributed by atoms with Gasteiger partial charge in [-0.2, -0.15) is 0 Å². The summed E-state index contributed by atoms with van der Waals surface area (Å²) >= 11 is 0. The van der Waals surface area contributed by atoms with E-state index in [0.717, 1.165) is 87.6 Å². The number of para-hydroxylation sites is 1. The number of rotatable bonds is 4. The van der Waals surface area contributed by atoms with Gasteiger partial charge >= 0.3 is 0 Å². The molecule has 246 valence electrons. The van der Waals surface area contributed by atoms with Crippen molar-refractivity contribution >= 4 is 76.5 Å². The van der Waals surface area contributed by atoms with Crippen molar-refractivity contribution in [3.63, 3.8) is 0 Å². The predicted octanol–water partition coefficient (Wildman–Crippen LogP) is 12.2. The Kier molecular flexibility index (Phi) is 5.65. The highest BCUT2D eigenvalue weighted by Crippen LogP contribution is 2.46. The Morgan fingerprint density at radius 2 is 1.08 bits per heavy atom. The average molecular weight is 681 g/mol. The van der Waals surface area contributed by atoms with Gasteiger partial charge in [-0.25, -0.2) is 19.9 Å². The van der Waals surface area contributed by atoms with Crippen LogP contribution in [0.15, 0.2) is 159 Å². The quantitative estimate of drug-likeness (QED) is 0.171. The fourth-order valence-electron chi connectivity index (χ4n) is 7.91. The van der Waals surface area contributed by atoms with E-state index in [1.165, 1.54) is 0 Å². The molecule has 4 heterocycles. The van der Waals surface area contributed by atoms with Crippen LogP contribution < -0.4 is 0 Å². The number of hydrogen-bond donors (Lipinski definition) is 0. The van der Waals surface area contributed by atoms with E-state index in [2.05, 4.69) is 48.5 Å². The summed E-state index contributed by atoms with van der Waals surface area (Å²) in [7, 11) is 0. The topological polar surface area (TPSA) is 91.0 Å². The van der Waals surface area contributed by atoms with Crippen LogP contribution in [0.25, 0.3) is 122 Å². The minimum Gasteiger partial charge on any atom is -0.456 e. The molecule has 0 atom stereocenters. The van der Waals surface area contributed by atoms with Crippen LogP contribution in [0.4, 0.5) is 0 Å². The molecule has 12 aromatic rings. The Balaban J connectivity index is 1.15. The highest BCUT2D eigenvalue weighted by molar-refractivity contribution is 6.32. The number of hydrogen-bond acceptors (Lipinski definition) is 7. The van der Waals surface area contributed by atoms with Gasteiger partial charge in [0.1, 0.15) is 27.8 Å². The van der Waals surface area contributed by atoms with Crippen LogP contribution in [0.3, 0.4) is 0 Å². The van der Waals surface area contributed by atoms with Gasteiger partial charge in [-0.15, -0.1) is 0 Å². The van der Waals surface area contributed by atoms with Gasteiger partial charge in [-0.3, -0.25) is 0 Å². The minimum absolute atomic E-state index is 0.503. The first-order chi connectivity index (χ1) is 26.2. The second kappa shape index (κ2) is 10.6. The van der Waals surface area contributed by atoms with E-state index >= 15 is 0 Å². The summed E-state index contributed by atoms with van der Waals surface area (Å²) in [5, 5.41) is 8.05. The number of furan rings is 2. The molecular weight excluding hydrogens is 657 g/mol. The minimum atomic E-state index is 0.503. The summed E-state index contributed by atoms with van der Waals surface area (Å²) < 4.78 is 19.5. The maximum atomic E-state index is 6.73. The summed E-state index contributed by atoms with van der Waals surface area (Å²) in [5.41, 5.74) is 7.98. The van der Waals surface area contributed by atoms with Gasteiger partial charge in [-0.05, 0) is 59.3 Å². The van der Waals surface area contributed by atoms with Crippen LogP contribution in [0, 0.1) is 0 Å². The third kappa shape index (κ3) is 4.10. The molecule has 0 amide bonds. The lowest BCUT2D eigenvalue weighted by Crippen LogP contribution is -2.01. The lowest BCUT2D eigenvalue weighted by molar-refractivity contribution is 0.623. The molecule has 0 N–H and O–H groups in total. The molecule has 8 aromatic carbocycles. The fourth-order valence-corrected chi connectivity index (χ4v) is 7.91. The maximum Gasteiger partial charge on any atom is 0.227 e. The van der Waals surface area contributed by atoms with E-state index in [9.17, 15) is 0 Å². The molecule has 0 aliphatic carbocycles. The monoisotopic (exact) mass is 680 g/mol. The van der Waals surface area contributed by atoms with Crippen molar-refractivity contribution in [3.05, 3.63) is 146 Å². The van der Waals surface area contributed by atoms with Crippen molar-refractivity contribution in [2.24, 2.45) is 0 Å². The van der Waals surface area contributed by atoms with Crippen molar-refractivity contribution in [1.82, 2.24) is 19.9 Å².